The second kappa shape index (κ2) is 12.0. The monoisotopic (exact) mass is 521 g/mol. The first-order chi connectivity index (χ1) is 18.3. The number of nitrogens with one attached hydrogen (secondary N) is 2. The molecule has 38 heavy (non-hydrogen) atoms. The Morgan fingerprint density at radius 2 is 2.11 bits per heavy atom. The Morgan fingerprint density at radius 1 is 1.29 bits per heavy atom. The van der Waals surface area contributed by atoms with Crippen LogP contribution >= 0.6 is 0 Å². The van der Waals surface area contributed by atoms with E-state index in [0.29, 0.717) is 46.5 Å². The molecule has 2 atom stereocenters. The number of carbonyl (C=O) groups excluding carboxylic acids is 2. The van der Waals surface area contributed by atoms with Crippen LogP contribution in [0.2, 0.25) is 0 Å². The van der Waals surface area contributed by atoms with Crippen molar-refractivity contribution in [1.29, 1.82) is 0 Å². The minimum absolute atomic E-state index is 0.175. The van der Waals surface area contributed by atoms with Crippen LogP contribution in [0.15, 0.2) is 59.5 Å². The van der Waals surface area contributed by atoms with Gasteiger partial charge in [0, 0.05) is 5.70 Å². The topological polar surface area (TPSA) is 117 Å². The molecule has 0 bridgehead atoms. The standard InChI is InChI=1S/C28H35N5O5/c1-6-37-27(34)25-18(4)29-28(35)30-26(25)21-11-12-23(36-5)24(13-21)38-16-22-15-33(32-31-22)14-19-7-9-20(10-8-19)17(2)3/h7,11-13,15,20,26H,2,6,8-10,14,16H2,1,3-5H3,(H2,29,30,35)/t20-,26?/m1/s1. The van der Waals surface area contributed by atoms with Gasteiger partial charge in [-0.1, -0.05) is 35.1 Å². The summed E-state index contributed by atoms with van der Waals surface area (Å²) in [6, 6.07) is 4.16. The lowest BCUT2D eigenvalue weighted by molar-refractivity contribution is -0.139. The van der Waals surface area contributed by atoms with E-state index in [9.17, 15) is 9.59 Å². The summed E-state index contributed by atoms with van der Waals surface area (Å²) in [5, 5.41) is 14.0. The number of carbonyl (C=O) groups is 2. The number of aromatic nitrogens is 3. The van der Waals surface area contributed by atoms with E-state index >= 15 is 0 Å². The molecule has 1 unspecified atom stereocenters. The number of urea groups is 1. The maximum Gasteiger partial charge on any atom is 0.338 e. The van der Waals surface area contributed by atoms with Crippen LogP contribution < -0.4 is 20.1 Å². The van der Waals surface area contributed by atoms with Crippen molar-refractivity contribution in [1.82, 2.24) is 25.6 Å². The van der Waals surface area contributed by atoms with Crippen LogP contribution in [0.1, 0.15) is 57.3 Å². The van der Waals surface area contributed by atoms with Crippen molar-refractivity contribution < 1.29 is 23.8 Å². The Kier molecular flexibility index (Phi) is 8.50. The number of ether oxygens (including phenoxy) is 3. The second-order valence-corrected chi connectivity index (χ2v) is 9.58. The van der Waals surface area contributed by atoms with Crippen LogP contribution in [0.5, 0.6) is 11.5 Å². The van der Waals surface area contributed by atoms with Gasteiger partial charge in [-0.3, -0.25) is 0 Å². The quantitative estimate of drug-likeness (QED) is 0.352. The minimum Gasteiger partial charge on any atom is -0.493 e. The van der Waals surface area contributed by atoms with E-state index in [2.05, 4.69) is 40.5 Å². The van der Waals surface area contributed by atoms with Gasteiger partial charge < -0.3 is 24.8 Å². The van der Waals surface area contributed by atoms with Gasteiger partial charge in [-0.05, 0) is 63.6 Å². The molecule has 2 aromatic rings. The molecule has 202 valence electrons. The fourth-order valence-corrected chi connectivity index (χ4v) is 4.73. The Hall–Kier alpha value is -4.08. The number of allylic oxidation sites excluding steroid dienone is 4. The summed E-state index contributed by atoms with van der Waals surface area (Å²) in [5.41, 5.74) is 4.68. The van der Waals surface area contributed by atoms with Crippen LogP contribution in [0, 0.1) is 5.92 Å². The average molecular weight is 522 g/mol. The number of methoxy groups -OCH3 is 1. The SMILES string of the molecule is C=C(C)[C@@H]1CC=C(Cn2cc(COc3cc(C4NC(=O)NC(C)=C4C(=O)OCC)ccc3OC)nn2)CC1. The molecule has 4 rings (SSSR count). The van der Waals surface area contributed by atoms with Gasteiger partial charge in [0.2, 0.25) is 0 Å². The maximum absolute atomic E-state index is 12.7. The molecule has 1 aromatic heterocycles. The van der Waals surface area contributed by atoms with Gasteiger partial charge in [-0.2, -0.15) is 0 Å². The summed E-state index contributed by atoms with van der Waals surface area (Å²) in [6.07, 6.45) is 7.33. The highest BCUT2D eigenvalue weighted by molar-refractivity contribution is 5.95. The Bertz CT molecular complexity index is 1280. The first kappa shape index (κ1) is 27.0. The fourth-order valence-electron chi connectivity index (χ4n) is 4.73. The Labute approximate surface area is 222 Å². The zero-order valence-corrected chi connectivity index (χ0v) is 22.4. The summed E-state index contributed by atoms with van der Waals surface area (Å²) in [7, 11) is 1.55. The molecule has 1 aliphatic carbocycles. The van der Waals surface area contributed by atoms with E-state index in [1.54, 1.807) is 39.2 Å². The lowest BCUT2D eigenvalue weighted by atomic mass is 9.85. The van der Waals surface area contributed by atoms with E-state index in [1.807, 2.05) is 10.9 Å². The van der Waals surface area contributed by atoms with Crippen molar-refractivity contribution in [3.8, 4) is 11.5 Å². The molecule has 0 saturated carbocycles. The summed E-state index contributed by atoms with van der Waals surface area (Å²) in [4.78, 5) is 24.9. The lowest BCUT2D eigenvalue weighted by Crippen LogP contribution is -2.45. The van der Waals surface area contributed by atoms with Crippen molar-refractivity contribution in [2.24, 2.45) is 5.92 Å². The molecule has 0 spiro atoms. The zero-order valence-electron chi connectivity index (χ0n) is 22.4. The van der Waals surface area contributed by atoms with Gasteiger partial charge in [-0.25, -0.2) is 14.3 Å². The average Bonchev–Trinajstić information content (AvgIpc) is 3.34. The van der Waals surface area contributed by atoms with Gasteiger partial charge in [0.1, 0.15) is 12.3 Å². The first-order valence-corrected chi connectivity index (χ1v) is 12.8. The van der Waals surface area contributed by atoms with Gasteiger partial charge >= 0.3 is 12.0 Å². The number of hydrogen-bond acceptors (Lipinski definition) is 7. The Morgan fingerprint density at radius 3 is 2.79 bits per heavy atom. The van der Waals surface area contributed by atoms with E-state index in [-0.39, 0.29) is 13.2 Å². The van der Waals surface area contributed by atoms with Crippen molar-refractivity contribution in [3.63, 3.8) is 0 Å². The predicted octanol–water partition coefficient (Wildman–Crippen LogP) is 4.36. The van der Waals surface area contributed by atoms with E-state index < -0.39 is 18.0 Å². The third-order valence-corrected chi connectivity index (χ3v) is 6.81. The summed E-state index contributed by atoms with van der Waals surface area (Å²) in [6.45, 7) is 10.7. The van der Waals surface area contributed by atoms with E-state index in [1.165, 1.54) is 11.1 Å². The van der Waals surface area contributed by atoms with Crippen LogP contribution in [-0.2, 0) is 22.7 Å². The number of benzene rings is 1. The molecule has 1 aliphatic heterocycles. The third kappa shape index (κ3) is 6.24. The maximum atomic E-state index is 12.7. The number of esters is 1. The van der Waals surface area contributed by atoms with Crippen LogP contribution in [0.4, 0.5) is 4.79 Å². The largest absolute Gasteiger partial charge is 0.493 e. The smallest absolute Gasteiger partial charge is 0.338 e. The number of amides is 2. The molecule has 2 N–H and O–H groups in total. The normalized spacial score (nSPS) is 19.3. The summed E-state index contributed by atoms with van der Waals surface area (Å²) in [5.74, 6) is 1.03. The first-order valence-electron chi connectivity index (χ1n) is 12.8. The van der Waals surface area contributed by atoms with Crippen molar-refractivity contribution >= 4 is 12.0 Å². The second-order valence-electron chi connectivity index (χ2n) is 9.58. The van der Waals surface area contributed by atoms with Gasteiger partial charge in [0.15, 0.2) is 11.5 Å². The number of nitrogens with zero attached hydrogens (tertiary/aromatic N) is 3. The highest BCUT2D eigenvalue weighted by atomic mass is 16.5. The van der Waals surface area contributed by atoms with Gasteiger partial charge in [0.25, 0.3) is 0 Å². The predicted molar refractivity (Wildman–Crippen MR) is 141 cm³/mol. The number of rotatable bonds is 10. The summed E-state index contributed by atoms with van der Waals surface area (Å²) < 4.78 is 18.6. The molecule has 1 aromatic carbocycles. The third-order valence-electron chi connectivity index (χ3n) is 6.81. The number of hydrogen-bond donors (Lipinski definition) is 2. The zero-order chi connectivity index (χ0) is 27.2. The highest BCUT2D eigenvalue weighted by Gasteiger charge is 2.32. The van der Waals surface area contributed by atoms with Crippen LogP contribution in [-0.4, -0.2) is 40.7 Å². The summed E-state index contributed by atoms with van der Waals surface area (Å²) >= 11 is 0. The molecule has 2 heterocycles. The molecule has 10 heteroatoms. The fraction of sp³-hybridized carbons (Fsp3) is 0.429. The molecule has 0 saturated heterocycles. The molecule has 2 aliphatic rings. The van der Waals surface area contributed by atoms with E-state index in [4.69, 9.17) is 14.2 Å². The van der Waals surface area contributed by atoms with Gasteiger partial charge in [0.05, 0.1) is 38.1 Å². The van der Waals surface area contributed by atoms with Crippen molar-refractivity contribution in [2.75, 3.05) is 13.7 Å². The van der Waals surface area contributed by atoms with Gasteiger partial charge in [-0.15, -0.1) is 5.10 Å². The molecule has 0 fully saturated rings. The Balaban J connectivity index is 1.47. The van der Waals surface area contributed by atoms with Crippen LogP contribution in [0.3, 0.4) is 0 Å². The molecular weight excluding hydrogens is 486 g/mol. The van der Waals surface area contributed by atoms with Crippen molar-refractivity contribution in [3.05, 3.63) is 70.7 Å². The molecule has 2 amide bonds. The molecule has 10 nitrogen and oxygen atoms in total. The van der Waals surface area contributed by atoms with Crippen molar-refractivity contribution in [2.45, 2.75) is 59.2 Å². The molecule has 0 radical (unpaired) electrons. The lowest BCUT2D eigenvalue weighted by Gasteiger charge is -2.28. The van der Waals surface area contributed by atoms with Crippen LogP contribution in [0.25, 0.3) is 0 Å². The minimum atomic E-state index is -0.704. The van der Waals surface area contributed by atoms with E-state index in [0.717, 1.165) is 19.3 Å². The molecular formula is C28H35N5O5. The highest BCUT2D eigenvalue weighted by Crippen LogP contribution is 2.35.